The second-order valence-corrected chi connectivity index (χ2v) is 20.6. The van der Waals surface area contributed by atoms with Gasteiger partial charge in [0.15, 0.2) is 8.32 Å². The van der Waals surface area contributed by atoms with Crippen LogP contribution in [0.5, 0.6) is 5.75 Å². The zero-order chi connectivity index (χ0) is 40.6. The highest BCUT2D eigenvalue weighted by Gasteiger charge is 2.44. The van der Waals surface area contributed by atoms with Gasteiger partial charge in [-0.15, -0.1) is 0 Å². The molecule has 0 saturated carbocycles. The molecule has 2 amide bonds. The van der Waals surface area contributed by atoms with Gasteiger partial charge in [0, 0.05) is 5.69 Å². The highest BCUT2D eigenvalue weighted by Crippen LogP contribution is 2.39. The number of benzene rings is 5. The van der Waals surface area contributed by atoms with Crippen molar-refractivity contribution < 1.29 is 32.3 Å². The molecule has 1 aliphatic rings. The van der Waals surface area contributed by atoms with Crippen LogP contribution in [0.2, 0.25) is 18.1 Å². The number of imide groups is 1. The third-order valence-corrected chi connectivity index (χ3v) is 15.4. The number of hydrogen-bond donors (Lipinski definition) is 1. The van der Waals surface area contributed by atoms with Crippen molar-refractivity contribution in [2.75, 3.05) is 18.5 Å². The first-order chi connectivity index (χ1) is 27.3. The second-order valence-electron chi connectivity index (χ2n) is 15.8. The van der Waals surface area contributed by atoms with E-state index in [9.17, 15) is 13.6 Å². The van der Waals surface area contributed by atoms with Crippen molar-refractivity contribution in [2.45, 2.75) is 64.0 Å². The summed E-state index contributed by atoms with van der Waals surface area (Å²) in [6, 6.07) is 37.5. The molecule has 10 heteroatoms. The Morgan fingerprint density at radius 2 is 1.46 bits per heavy atom. The van der Waals surface area contributed by atoms with E-state index in [1.165, 1.54) is 29.2 Å². The van der Waals surface area contributed by atoms with E-state index in [1.54, 1.807) is 24.3 Å². The highest BCUT2D eigenvalue weighted by molar-refractivity contribution is 6.74. The fraction of sp³-hybridized carbons (Fsp3) is 0.277. The lowest BCUT2D eigenvalue weighted by atomic mass is 9.87. The predicted molar refractivity (Wildman–Crippen MR) is 223 cm³/mol. The summed E-state index contributed by atoms with van der Waals surface area (Å²) in [6.45, 7) is 11.5. The van der Waals surface area contributed by atoms with Crippen LogP contribution in [0.3, 0.4) is 0 Å². The fourth-order valence-electron chi connectivity index (χ4n) is 6.47. The van der Waals surface area contributed by atoms with Crippen molar-refractivity contribution in [2.24, 2.45) is 5.92 Å². The zero-order valence-electron chi connectivity index (χ0n) is 33.1. The molecule has 0 radical (unpaired) electrons. The van der Waals surface area contributed by atoms with Gasteiger partial charge in [-0.25, -0.2) is 18.5 Å². The third-order valence-electron chi connectivity index (χ3n) is 10.9. The molecule has 1 unspecified atom stereocenters. The van der Waals surface area contributed by atoms with Gasteiger partial charge in [-0.1, -0.05) is 112 Å². The Morgan fingerprint density at radius 3 is 2.07 bits per heavy atom. The number of allylic oxidation sites excluding steroid dienone is 1. The average molecular weight is 789 g/mol. The molecule has 1 heterocycles. The van der Waals surface area contributed by atoms with E-state index in [0.29, 0.717) is 18.0 Å². The van der Waals surface area contributed by atoms with Gasteiger partial charge in [0.1, 0.15) is 36.6 Å². The van der Waals surface area contributed by atoms with Crippen molar-refractivity contribution in [1.82, 2.24) is 4.90 Å². The lowest BCUT2D eigenvalue weighted by Crippen LogP contribution is -2.42. The Morgan fingerprint density at radius 1 is 0.860 bits per heavy atom. The van der Waals surface area contributed by atoms with Crippen molar-refractivity contribution >= 4 is 31.6 Å². The molecule has 5 aromatic carbocycles. The quantitative estimate of drug-likeness (QED) is 0.106. The van der Waals surface area contributed by atoms with E-state index < -0.39 is 44.1 Å². The smallest absolute Gasteiger partial charge is 0.417 e. The first kappa shape index (κ1) is 41.1. The normalized spacial score (nSPS) is 15.8. The topological polar surface area (TPSA) is 77.1 Å². The van der Waals surface area contributed by atoms with Crippen LogP contribution in [0.15, 0.2) is 140 Å². The van der Waals surface area contributed by atoms with Gasteiger partial charge in [0.2, 0.25) is 5.91 Å². The summed E-state index contributed by atoms with van der Waals surface area (Å²) >= 11 is 0. The summed E-state index contributed by atoms with van der Waals surface area (Å²) in [5.74, 6) is -1.47. The number of carbonyl (C=O) groups excluding carboxylic acids is 2. The fourth-order valence-corrected chi connectivity index (χ4v) is 7.42. The second kappa shape index (κ2) is 18.1. The number of amides is 2. The summed E-state index contributed by atoms with van der Waals surface area (Å²) in [5.41, 5.74) is 4.65. The average Bonchev–Trinajstić information content (AvgIpc) is 3.60. The van der Waals surface area contributed by atoms with Gasteiger partial charge in [-0.2, -0.15) is 0 Å². The molecule has 1 aliphatic heterocycles. The molecule has 0 bridgehead atoms. The maximum absolute atomic E-state index is 15.2. The summed E-state index contributed by atoms with van der Waals surface area (Å²) in [5, 5.41) is 3.44. The molecular weight excluding hydrogens is 739 g/mol. The van der Waals surface area contributed by atoms with Gasteiger partial charge in [0.25, 0.3) is 0 Å². The SMILES string of the molecule is CC(C)(C)[Si](C)(C)OC/C(=C/C[C@@H](C(=O)N1C(=O)OCC1c1ccccc1)[C@H](Nc1ccc(F)cc1)c1ccc(OCc2ccccc2)cc1)c1ccc(F)cc1. The van der Waals surface area contributed by atoms with E-state index in [0.717, 1.165) is 27.8 Å². The molecule has 3 atom stereocenters. The molecule has 5 aromatic rings. The Kier molecular flexibility index (Phi) is 13.1. The van der Waals surface area contributed by atoms with Crippen LogP contribution in [0.25, 0.3) is 5.57 Å². The molecule has 1 N–H and O–H groups in total. The van der Waals surface area contributed by atoms with Crippen LogP contribution in [0.1, 0.15) is 61.5 Å². The maximum atomic E-state index is 15.2. The van der Waals surface area contributed by atoms with Crippen LogP contribution in [-0.2, 0) is 20.6 Å². The van der Waals surface area contributed by atoms with Crippen molar-refractivity contribution in [3.63, 3.8) is 0 Å². The Balaban J connectivity index is 1.43. The monoisotopic (exact) mass is 788 g/mol. The summed E-state index contributed by atoms with van der Waals surface area (Å²) in [7, 11) is -2.24. The maximum Gasteiger partial charge on any atom is 0.417 e. The van der Waals surface area contributed by atoms with E-state index >= 15 is 4.79 Å². The van der Waals surface area contributed by atoms with E-state index in [-0.39, 0.29) is 30.5 Å². The zero-order valence-corrected chi connectivity index (χ0v) is 34.1. The molecule has 0 aliphatic carbocycles. The number of hydrogen-bond acceptors (Lipinski definition) is 6. The first-order valence-corrected chi connectivity index (χ1v) is 22.1. The van der Waals surface area contributed by atoms with Crippen LogP contribution >= 0.6 is 0 Å². The molecule has 0 aromatic heterocycles. The molecule has 1 fully saturated rings. The molecular formula is C47H50F2N2O5Si. The van der Waals surface area contributed by atoms with Gasteiger partial charge in [-0.3, -0.25) is 4.79 Å². The first-order valence-electron chi connectivity index (χ1n) is 19.2. The molecule has 57 heavy (non-hydrogen) atoms. The van der Waals surface area contributed by atoms with E-state index in [2.05, 4.69) is 39.2 Å². The number of nitrogens with zero attached hydrogens (tertiary/aromatic N) is 1. The molecule has 7 nitrogen and oxygen atoms in total. The minimum Gasteiger partial charge on any atom is -0.489 e. The lowest BCUT2D eigenvalue weighted by molar-refractivity contribution is -0.134. The van der Waals surface area contributed by atoms with E-state index in [1.807, 2.05) is 91.0 Å². The minimum absolute atomic E-state index is 0.0157. The standard InChI is InChI=1S/C47H50F2N2O5Si/c1-47(2,3)57(4,5)56-31-37(34-16-21-38(48)22-17-34)20-29-42(45(52)51-43(32-55-46(51)53)35-14-10-7-11-15-35)44(50-40-25-23-39(49)24-26-40)36-18-27-41(28-19-36)54-30-33-12-8-6-9-13-33/h6-28,42-44,50H,29-32H2,1-5H3/b37-20-/t42-,43?,44-/m1/s1. The summed E-state index contributed by atoms with van der Waals surface area (Å²) < 4.78 is 46.7. The highest BCUT2D eigenvalue weighted by atomic mass is 28.4. The van der Waals surface area contributed by atoms with Crippen molar-refractivity contribution in [3.05, 3.63) is 173 Å². The molecule has 6 rings (SSSR count). The lowest BCUT2D eigenvalue weighted by Gasteiger charge is -2.36. The van der Waals surface area contributed by atoms with Crippen molar-refractivity contribution in [1.29, 1.82) is 0 Å². The number of carbonyl (C=O) groups is 2. The summed E-state index contributed by atoms with van der Waals surface area (Å²) in [4.78, 5) is 29.9. The van der Waals surface area contributed by atoms with Gasteiger partial charge in [-0.05, 0) is 101 Å². The van der Waals surface area contributed by atoms with Crippen LogP contribution in [-0.4, -0.2) is 38.4 Å². The number of ether oxygens (including phenoxy) is 2. The number of halogens is 2. The largest absolute Gasteiger partial charge is 0.489 e. The Hall–Kier alpha value is -5.58. The molecule has 296 valence electrons. The van der Waals surface area contributed by atoms with Crippen LogP contribution in [0.4, 0.5) is 19.3 Å². The number of anilines is 1. The third kappa shape index (κ3) is 10.4. The minimum atomic E-state index is -2.24. The molecule has 1 saturated heterocycles. The Bertz CT molecular complexity index is 2120. The molecule has 0 spiro atoms. The number of rotatable bonds is 15. The van der Waals surface area contributed by atoms with E-state index in [4.69, 9.17) is 13.9 Å². The predicted octanol–water partition coefficient (Wildman–Crippen LogP) is 11.5. The van der Waals surface area contributed by atoms with Crippen LogP contribution < -0.4 is 10.1 Å². The summed E-state index contributed by atoms with van der Waals surface area (Å²) in [6.07, 6.45) is 1.38. The van der Waals surface area contributed by atoms with Crippen molar-refractivity contribution in [3.8, 4) is 5.75 Å². The van der Waals surface area contributed by atoms with Gasteiger partial charge < -0.3 is 19.2 Å². The number of nitrogens with one attached hydrogen (secondary N) is 1. The van der Waals surface area contributed by atoms with Crippen LogP contribution in [0, 0.1) is 17.6 Å². The van der Waals surface area contributed by atoms with Gasteiger partial charge >= 0.3 is 6.09 Å². The van der Waals surface area contributed by atoms with Gasteiger partial charge in [0.05, 0.1) is 18.6 Å². The Labute approximate surface area is 335 Å². The number of cyclic esters (lactones) is 1.